The maximum absolute atomic E-state index is 6.02. The smallest absolute Gasteiger partial charge is 0.134 e. The van der Waals surface area contributed by atoms with Crippen LogP contribution in [0.15, 0.2) is 36.7 Å². The molecular formula is C13H11Cl2N5. The number of hydrogen-bond donors (Lipinski definition) is 1. The molecule has 0 bridgehead atoms. The lowest BCUT2D eigenvalue weighted by molar-refractivity contribution is 0.769. The first-order valence-electron chi connectivity index (χ1n) is 5.85. The normalized spacial score (nSPS) is 10.9. The summed E-state index contributed by atoms with van der Waals surface area (Å²) in [5, 5.41) is 9.57. The predicted molar refractivity (Wildman–Crippen MR) is 80.2 cm³/mol. The molecule has 102 valence electrons. The number of nitrogen functional groups attached to an aromatic ring is 1. The number of nitrogens with zero attached hydrogens (tertiary/aromatic N) is 4. The molecule has 3 aromatic rings. The van der Waals surface area contributed by atoms with E-state index in [4.69, 9.17) is 28.9 Å². The molecule has 2 aromatic heterocycles. The second kappa shape index (κ2) is 4.85. The van der Waals surface area contributed by atoms with Crippen LogP contribution in [0.4, 0.5) is 5.69 Å². The van der Waals surface area contributed by atoms with E-state index in [1.54, 1.807) is 33.9 Å². The van der Waals surface area contributed by atoms with E-state index in [2.05, 4.69) is 10.2 Å². The minimum absolute atomic E-state index is 0.473. The van der Waals surface area contributed by atoms with Crippen LogP contribution in [0.3, 0.4) is 0 Å². The van der Waals surface area contributed by atoms with Crippen molar-refractivity contribution in [2.75, 3.05) is 5.73 Å². The van der Waals surface area contributed by atoms with Crippen LogP contribution in [-0.4, -0.2) is 19.6 Å². The Labute approximate surface area is 125 Å². The molecule has 0 saturated carbocycles. The predicted octanol–water partition coefficient (Wildman–Crippen LogP) is 3.16. The highest BCUT2D eigenvalue weighted by Gasteiger charge is 2.13. The van der Waals surface area contributed by atoms with Crippen LogP contribution in [0, 0.1) is 0 Å². The third-order valence-electron chi connectivity index (χ3n) is 2.97. The zero-order valence-electron chi connectivity index (χ0n) is 10.6. The molecule has 0 spiro atoms. The van der Waals surface area contributed by atoms with E-state index in [0.29, 0.717) is 21.4 Å². The highest BCUT2D eigenvalue weighted by molar-refractivity contribution is 6.42. The van der Waals surface area contributed by atoms with Gasteiger partial charge in [0.15, 0.2) is 0 Å². The first kappa shape index (κ1) is 13.0. The molecule has 7 heteroatoms. The van der Waals surface area contributed by atoms with Gasteiger partial charge in [0, 0.05) is 13.2 Å². The van der Waals surface area contributed by atoms with Crippen LogP contribution in [0.5, 0.6) is 0 Å². The quantitative estimate of drug-likeness (QED) is 0.791. The molecule has 1 aromatic carbocycles. The summed E-state index contributed by atoms with van der Waals surface area (Å²) in [6.45, 7) is 0. The van der Waals surface area contributed by atoms with E-state index in [1.165, 1.54) is 0 Å². The zero-order chi connectivity index (χ0) is 14.3. The number of nitrogens with two attached hydrogens (primary N) is 1. The molecule has 0 unspecified atom stereocenters. The van der Waals surface area contributed by atoms with Gasteiger partial charge in [0.2, 0.25) is 0 Å². The maximum atomic E-state index is 6.02. The van der Waals surface area contributed by atoms with Crippen LogP contribution in [-0.2, 0) is 7.05 Å². The molecule has 0 radical (unpaired) electrons. The fourth-order valence-corrected chi connectivity index (χ4v) is 2.24. The van der Waals surface area contributed by atoms with Crippen molar-refractivity contribution in [3.05, 3.63) is 46.7 Å². The average Bonchev–Trinajstić information content (AvgIpc) is 2.99. The number of anilines is 1. The largest absolute Gasteiger partial charge is 0.396 e. The number of rotatable bonds is 2. The van der Waals surface area contributed by atoms with Crippen molar-refractivity contribution in [2.45, 2.75) is 0 Å². The van der Waals surface area contributed by atoms with Gasteiger partial charge in [-0.1, -0.05) is 23.2 Å². The van der Waals surface area contributed by atoms with Gasteiger partial charge in [-0.2, -0.15) is 10.2 Å². The van der Waals surface area contributed by atoms with Crippen molar-refractivity contribution in [2.24, 2.45) is 7.05 Å². The van der Waals surface area contributed by atoms with E-state index < -0.39 is 0 Å². The molecule has 2 heterocycles. The minimum Gasteiger partial charge on any atom is -0.396 e. The molecule has 20 heavy (non-hydrogen) atoms. The Morgan fingerprint density at radius 3 is 2.60 bits per heavy atom. The third-order valence-corrected chi connectivity index (χ3v) is 3.71. The summed E-state index contributed by atoms with van der Waals surface area (Å²) < 4.78 is 3.39. The van der Waals surface area contributed by atoms with Crippen molar-refractivity contribution in [3.8, 4) is 17.1 Å². The van der Waals surface area contributed by atoms with Gasteiger partial charge in [0.25, 0.3) is 0 Å². The van der Waals surface area contributed by atoms with Crippen LogP contribution >= 0.6 is 23.2 Å². The van der Waals surface area contributed by atoms with Gasteiger partial charge >= 0.3 is 0 Å². The lowest BCUT2D eigenvalue weighted by atomic mass is 10.3. The Balaban J connectivity index is 2.09. The minimum atomic E-state index is 0.473. The van der Waals surface area contributed by atoms with Gasteiger partial charge in [-0.15, -0.1) is 0 Å². The Morgan fingerprint density at radius 1 is 1.15 bits per heavy atom. The standard InChI is InChI=1S/C13H11Cl2N5/c1-19-12(4-5-17-19)13-11(16)7-20(18-13)8-2-3-9(14)10(15)6-8/h2-7H,16H2,1H3. The number of halogens is 2. The van der Waals surface area contributed by atoms with Crippen molar-refractivity contribution >= 4 is 28.9 Å². The van der Waals surface area contributed by atoms with E-state index in [0.717, 1.165) is 11.4 Å². The van der Waals surface area contributed by atoms with Crippen LogP contribution in [0.1, 0.15) is 0 Å². The number of benzene rings is 1. The van der Waals surface area contributed by atoms with Gasteiger partial charge < -0.3 is 5.73 Å². The summed E-state index contributed by atoms with van der Waals surface area (Å²) in [5.41, 5.74) is 8.91. The van der Waals surface area contributed by atoms with Crippen LogP contribution in [0.2, 0.25) is 10.0 Å². The molecule has 0 aliphatic heterocycles. The summed E-state index contributed by atoms with van der Waals surface area (Å²) >= 11 is 11.9. The van der Waals surface area contributed by atoms with Gasteiger partial charge in [-0.25, -0.2) is 4.68 Å². The first-order valence-corrected chi connectivity index (χ1v) is 6.61. The monoisotopic (exact) mass is 307 g/mol. The fraction of sp³-hybridized carbons (Fsp3) is 0.0769. The topological polar surface area (TPSA) is 61.7 Å². The summed E-state index contributed by atoms with van der Waals surface area (Å²) in [6.07, 6.45) is 3.44. The third kappa shape index (κ3) is 2.15. The SMILES string of the molecule is Cn1nccc1-c1nn(-c2ccc(Cl)c(Cl)c2)cc1N. The Hall–Kier alpha value is -1.98. The molecule has 0 saturated heterocycles. The van der Waals surface area contributed by atoms with Crippen molar-refractivity contribution in [1.29, 1.82) is 0 Å². The number of aromatic nitrogens is 4. The summed E-state index contributed by atoms with van der Waals surface area (Å²) in [5.74, 6) is 0. The molecule has 0 amide bonds. The Bertz CT molecular complexity index is 775. The van der Waals surface area contributed by atoms with Gasteiger partial charge in [0.05, 0.1) is 33.3 Å². The second-order valence-electron chi connectivity index (χ2n) is 4.32. The molecular weight excluding hydrogens is 297 g/mol. The molecule has 2 N–H and O–H groups in total. The lowest BCUT2D eigenvalue weighted by Gasteiger charge is -2.03. The average molecular weight is 308 g/mol. The Kier molecular flexibility index (Phi) is 3.16. The van der Waals surface area contributed by atoms with Crippen LogP contribution in [0.25, 0.3) is 17.1 Å². The summed E-state index contributed by atoms with van der Waals surface area (Å²) in [7, 11) is 1.84. The molecule has 0 aliphatic rings. The molecule has 5 nitrogen and oxygen atoms in total. The van der Waals surface area contributed by atoms with Gasteiger partial charge in [0.1, 0.15) is 5.69 Å². The molecule has 0 fully saturated rings. The number of aryl methyl sites for hydroxylation is 1. The van der Waals surface area contributed by atoms with Gasteiger partial charge in [-0.3, -0.25) is 4.68 Å². The highest BCUT2D eigenvalue weighted by atomic mass is 35.5. The van der Waals surface area contributed by atoms with Crippen LogP contribution < -0.4 is 5.73 Å². The molecule has 3 rings (SSSR count). The summed E-state index contributed by atoms with van der Waals surface area (Å²) in [4.78, 5) is 0. The van der Waals surface area contributed by atoms with Crippen molar-refractivity contribution < 1.29 is 0 Å². The zero-order valence-corrected chi connectivity index (χ0v) is 12.1. The second-order valence-corrected chi connectivity index (χ2v) is 5.13. The molecule has 0 aliphatic carbocycles. The molecule has 0 atom stereocenters. The van der Waals surface area contributed by atoms with Crippen molar-refractivity contribution in [3.63, 3.8) is 0 Å². The number of hydrogen-bond acceptors (Lipinski definition) is 3. The Morgan fingerprint density at radius 2 is 1.95 bits per heavy atom. The van der Waals surface area contributed by atoms with E-state index in [9.17, 15) is 0 Å². The summed E-state index contributed by atoms with van der Waals surface area (Å²) in [6, 6.07) is 7.15. The fourth-order valence-electron chi connectivity index (χ4n) is 1.95. The maximum Gasteiger partial charge on any atom is 0.134 e. The van der Waals surface area contributed by atoms with E-state index in [1.807, 2.05) is 19.2 Å². The van der Waals surface area contributed by atoms with E-state index >= 15 is 0 Å². The first-order chi connectivity index (χ1) is 9.56. The van der Waals surface area contributed by atoms with E-state index in [-0.39, 0.29) is 0 Å². The van der Waals surface area contributed by atoms with Gasteiger partial charge in [-0.05, 0) is 24.3 Å². The highest BCUT2D eigenvalue weighted by Crippen LogP contribution is 2.27. The van der Waals surface area contributed by atoms with Crippen molar-refractivity contribution in [1.82, 2.24) is 19.6 Å². The lowest BCUT2D eigenvalue weighted by Crippen LogP contribution is -1.98.